The molecule has 25 heavy (non-hydrogen) atoms. The normalized spacial score (nSPS) is 19.2. The third-order valence-corrected chi connectivity index (χ3v) is 5.45. The number of rotatable bonds is 5. The number of amides is 1. The summed E-state index contributed by atoms with van der Waals surface area (Å²) < 4.78 is 4.86. The van der Waals surface area contributed by atoms with Crippen molar-refractivity contribution < 1.29 is 4.79 Å². The molecule has 0 bridgehead atoms. The Morgan fingerprint density at radius 1 is 1.20 bits per heavy atom. The Morgan fingerprint density at radius 2 is 1.88 bits per heavy atom. The number of likely N-dealkylation sites (tertiary alicyclic amines) is 1. The number of hydrogen-bond donors (Lipinski definition) is 1. The number of hydrogen-bond acceptors (Lipinski definition) is 5. The largest absolute Gasteiger partial charge is 0.369 e. The monoisotopic (exact) mass is 358 g/mol. The van der Waals surface area contributed by atoms with Crippen molar-refractivity contribution >= 4 is 18.1 Å². The van der Waals surface area contributed by atoms with Gasteiger partial charge in [0.25, 0.3) is 0 Å². The third kappa shape index (κ3) is 3.36. The summed E-state index contributed by atoms with van der Waals surface area (Å²) in [6.45, 7) is 2.34. The van der Waals surface area contributed by atoms with Gasteiger partial charge in [0.15, 0.2) is 10.6 Å². The molecular formula is C17H22N6OS. The highest BCUT2D eigenvalue weighted by Crippen LogP contribution is 2.38. The van der Waals surface area contributed by atoms with Crippen LogP contribution in [0.5, 0.6) is 0 Å². The lowest BCUT2D eigenvalue weighted by Crippen LogP contribution is -2.39. The summed E-state index contributed by atoms with van der Waals surface area (Å²) in [5, 5.41) is 4.80. The van der Waals surface area contributed by atoms with Gasteiger partial charge in [-0.1, -0.05) is 0 Å². The number of pyridine rings is 1. The van der Waals surface area contributed by atoms with E-state index in [2.05, 4.69) is 14.5 Å². The van der Waals surface area contributed by atoms with Crippen molar-refractivity contribution in [2.24, 2.45) is 11.7 Å². The van der Waals surface area contributed by atoms with Crippen molar-refractivity contribution in [1.82, 2.24) is 24.2 Å². The second-order valence-corrected chi connectivity index (χ2v) is 7.24. The minimum absolute atomic E-state index is 0.000577. The predicted octanol–water partition coefficient (Wildman–Crippen LogP) is 1.97. The topological polar surface area (TPSA) is 82.0 Å². The zero-order valence-electron chi connectivity index (χ0n) is 14.0. The van der Waals surface area contributed by atoms with Gasteiger partial charge in [-0.25, -0.2) is 4.68 Å². The average molecular weight is 358 g/mol. The van der Waals surface area contributed by atoms with E-state index in [1.165, 1.54) is 0 Å². The summed E-state index contributed by atoms with van der Waals surface area (Å²) in [5.41, 5.74) is 6.46. The Bertz CT molecular complexity index is 817. The van der Waals surface area contributed by atoms with E-state index in [9.17, 15) is 4.79 Å². The molecule has 132 valence electrons. The summed E-state index contributed by atoms with van der Waals surface area (Å²) >= 11 is 5.71. The summed E-state index contributed by atoms with van der Waals surface area (Å²) in [6.07, 6.45) is 7.49. The molecule has 0 spiro atoms. The van der Waals surface area contributed by atoms with E-state index in [4.69, 9.17) is 23.1 Å². The second kappa shape index (κ2) is 6.68. The zero-order valence-corrected chi connectivity index (χ0v) is 14.9. The highest BCUT2D eigenvalue weighted by Gasteiger charge is 2.30. The van der Waals surface area contributed by atoms with Gasteiger partial charge in [-0.3, -0.25) is 19.2 Å². The molecule has 2 aliphatic rings. The molecule has 1 aliphatic carbocycles. The van der Waals surface area contributed by atoms with Crippen LogP contribution in [0.25, 0.3) is 11.4 Å². The number of carbonyl (C=O) groups is 1. The SMILES string of the molecule is NC(=O)C1CCN(Cn2nc(-c3ccncc3)n(C3CC3)c2=S)CC1. The van der Waals surface area contributed by atoms with Crippen LogP contribution in [0.15, 0.2) is 24.5 Å². The molecule has 0 unspecified atom stereocenters. The predicted molar refractivity (Wildman–Crippen MR) is 96.0 cm³/mol. The van der Waals surface area contributed by atoms with Crippen LogP contribution in [-0.2, 0) is 11.5 Å². The van der Waals surface area contributed by atoms with Crippen LogP contribution in [0.1, 0.15) is 31.7 Å². The number of piperidine rings is 1. The molecule has 7 nitrogen and oxygen atoms in total. The number of aromatic nitrogens is 4. The fourth-order valence-electron chi connectivity index (χ4n) is 3.42. The van der Waals surface area contributed by atoms with E-state index >= 15 is 0 Å². The first-order chi connectivity index (χ1) is 12.1. The van der Waals surface area contributed by atoms with Gasteiger partial charge in [-0.2, -0.15) is 5.10 Å². The smallest absolute Gasteiger partial charge is 0.220 e. The van der Waals surface area contributed by atoms with Crippen molar-refractivity contribution in [1.29, 1.82) is 0 Å². The van der Waals surface area contributed by atoms with Crippen LogP contribution < -0.4 is 5.73 Å². The number of carbonyl (C=O) groups excluding carboxylic acids is 1. The Kier molecular flexibility index (Phi) is 4.39. The number of primary amides is 1. The van der Waals surface area contributed by atoms with E-state index in [1.54, 1.807) is 12.4 Å². The van der Waals surface area contributed by atoms with Crippen molar-refractivity contribution in [2.75, 3.05) is 13.1 Å². The van der Waals surface area contributed by atoms with Gasteiger partial charge in [0.1, 0.15) is 0 Å². The summed E-state index contributed by atoms with van der Waals surface area (Å²) in [7, 11) is 0. The molecule has 3 heterocycles. The summed E-state index contributed by atoms with van der Waals surface area (Å²) in [6, 6.07) is 4.40. The Balaban J connectivity index is 1.57. The number of nitrogens with two attached hydrogens (primary N) is 1. The van der Waals surface area contributed by atoms with E-state index in [-0.39, 0.29) is 11.8 Å². The van der Waals surface area contributed by atoms with Gasteiger partial charge in [0.05, 0.1) is 6.67 Å². The van der Waals surface area contributed by atoms with Gasteiger partial charge in [0, 0.05) is 43.0 Å². The Hall–Kier alpha value is -2.06. The van der Waals surface area contributed by atoms with Crippen molar-refractivity contribution in [3.63, 3.8) is 0 Å². The van der Waals surface area contributed by atoms with Crippen LogP contribution in [0.2, 0.25) is 0 Å². The standard InChI is InChI=1S/C17H22N6OS/c18-15(24)12-5-9-21(10-6-12)11-22-17(25)23(14-1-2-14)16(20-22)13-3-7-19-8-4-13/h3-4,7-8,12,14H,1-2,5-6,9-11H2,(H2,18,24). The van der Waals surface area contributed by atoms with Gasteiger partial charge in [0.2, 0.25) is 5.91 Å². The Labute approximate surface area is 151 Å². The highest BCUT2D eigenvalue weighted by molar-refractivity contribution is 7.71. The Morgan fingerprint density at radius 3 is 2.48 bits per heavy atom. The van der Waals surface area contributed by atoms with Gasteiger partial charge < -0.3 is 5.73 Å². The van der Waals surface area contributed by atoms with E-state index in [0.29, 0.717) is 12.7 Å². The summed E-state index contributed by atoms with van der Waals surface area (Å²) in [5.74, 6) is 0.733. The van der Waals surface area contributed by atoms with Crippen LogP contribution in [0.3, 0.4) is 0 Å². The van der Waals surface area contributed by atoms with Crippen molar-refractivity contribution in [3.8, 4) is 11.4 Å². The minimum atomic E-state index is -0.186. The maximum Gasteiger partial charge on any atom is 0.220 e. The quantitative estimate of drug-likeness (QED) is 0.827. The van der Waals surface area contributed by atoms with Crippen LogP contribution >= 0.6 is 12.2 Å². The third-order valence-electron chi connectivity index (χ3n) is 5.04. The molecule has 2 aromatic heterocycles. The first-order valence-electron chi connectivity index (χ1n) is 8.75. The molecule has 2 N–H and O–H groups in total. The van der Waals surface area contributed by atoms with E-state index in [0.717, 1.165) is 54.9 Å². The maximum absolute atomic E-state index is 11.3. The van der Waals surface area contributed by atoms with Crippen LogP contribution in [0, 0.1) is 10.7 Å². The van der Waals surface area contributed by atoms with E-state index in [1.807, 2.05) is 16.8 Å². The molecule has 1 aliphatic heterocycles. The summed E-state index contributed by atoms with van der Waals surface area (Å²) in [4.78, 5) is 17.7. The fraction of sp³-hybridized carbons (Fsp3) is 0.529. The molecule has 1 amide bonds. The highest BCUT2D eigenvalue weighted by atomic mass is 32.1. The van der Waals surface area contributed by atoms with Crippen molar-refractivity contribution in [3.05, 3.63) is 29.3 Å². The lowest BCUT2D eigenvalue weighted by molar-refractivity contribution is -0.123. The molecule has 0 atom stereocenters. The number of nitrogens with zero attached hydrogens (tertiary/aromatic N) is 5. The van der Waals surface area contributed by atoms with E-state index < -0.39 is 0 Å². The van der Waals surface area contributed by atoms with Gasteiger partial charge in [-0.05, 0) is 50.0 Å². The fourth-order valence-corrected chi connectivity index (χ4v) is 3.75. The first kappa shape index (κ1) is 16.4. The maximum atomic E-state index is 11.3. The molecule has 2 aromatic rings. The van der Waals surface area contributed by atoms with Crippen LogP contribution in [-0.4, -0.2) is 43.2 Å². The second-order valence-electron chi connectivity index (χ2n) is 6.88. The van der Waals surface area contributed by atoms with Crippen LogP contribution in [0.4, 0.5) is 0 Å². The van der Waals surface area contributed by atoms with Gasteiger partial charge in [-0.15, -0.1) is 0 Å². The molecule has 0 radical (unpaired) electrons. The average Bonchev–Trinajstić information content (AvgIpc) is 3.41. The minimum Gasteiger partial charge on any atom is -0.369 e. The first-order valence-corrected chi connectivity index (χ1v) is 9.15. The molecule has 8 heteroatoms. The molecule has 1 saturated heterocycles. The van der Waals surface area contributed by atoms with Gasteiger partial charge >= 0.3 is 0 Å². The molecule has 1 saturated carbocycles. The lowest BCUT2D eigenvalue weighted by atomic mass is 9.97. The molecule has 0 aromatic carbocycles. The molecule has 2 fully saturated rings. The molecule has 4 rings (SSSR count). The molecular weight excluding hydrogens is 336 g/mol. The van der Waals surface area contributed by atoms with Crippen molar-refractivity contribution in [2.45, 2.75) is 38.4 Å². The lowest BCUT2D eigenvalue weighted by Gasteiger charge is -2.30. The zero-order chi connectivity index (χ0) is 17.4.